The van der Waals surface area contributed by atoms with Crippen LogP contribution in [-0.4, -0.2) is 51.3 Å². The van der Waals surface area contributed by atoms with E-state index in [0.717, 1.165) is 25.6 Å². The number of nitrogens with zero attached hydrogens (tertiary/aromatic N) is 4. The maximum atomic E-state index is 14.1. The van der Waals surface area contributed by atoms with Crippen molar-refractivity contribution in [3.63, 3.8) is 0 Å². The predicted molar refractivity (Wildman–Crippen MR) is 88.4 cm³/mol. The lowest BCUT2D eigenvalue weighted by Crippen LogP contribution is -2.43. The molecule has 0 saturated carbocycles. The fraction of sp³-hybridized carbons (Fsp3) is 0.500. The molecule has 2 aliphatic rings. The molecule has 0 unspecified atom stereocenters. The molecule has 0 amide bonds. The highest BCUT2D eigenvalue weighted by Gasteiger charge is 2.49. The van der Waals surface area contributed by atoms with Gasteiger partial charge >= 0.3 is 6.01 Å². The number of ether oxygens (including phenoxy) is 1. The molecule has 2 aromatic rings. The molecular weight excluding hydrogens is 326 g/mol. The van der Waals surface area contributed by atoms with Crippen LogP contribution in [0.1, 0.15) is 31.9 Å². The highest BCUT2D eigenvalue weighted by molar-refractivity contribution is 5.83. The Morgan fingerprint density at radius 1 is 1.40 bits per heavy atom. The van der Waals surface area contributed by atoms with Gasteiger partial charge in [0, 0.05) is 19.2 Å². The van der Waals surface area contributed by atoms with E-state index in [9.17, 15) is 8.78 Å². The molecule has 0 N–H and O–H groups in total. The minimum Gasteiger partial charge on any atom is -0.461 e. The Hall–Kier alpha value is -2.33. The van der Waals surface area contributed by atoms with Crippen molar-refractivity contribution >= 4 is 10.9 Å². The second-order valence-electron chi connectivity index (χ2n) is 6.61. The van der Waals surface area contributed by atoms with Crippen LogP contribution >= 0.6 is 0 Å². The normalized spacial score (nSPS) is 25.6. The third kappa shape index (κ3) is 2.81. The molecule has 2 fully saturated rings. The van der Waals surface area contributed by atoms with Gasteiger partial charge in [-0.15, -0.1) is 0 Å². The van der Waals surface area contributed by atoms with E-state index in [0.29, 0.717) is 30.7 Å². The van der Waals surface area contributed by atoms with Gasteiger partial charge in [0.25, 0.3) is 0 Å². The van der Waals surface area contributed by atoms with E-state index in [1.807, 2.05) is 0 Å². The van der Waals surface area contributed by atoms with Crippen LogP contribution in [0.2, 0.25) is 0 Å². The van der Waals surface area contributed by atoms with Gasteiger partial charge in [0.15, 0.2) is 5.82 Å². The average Bonchev–Trinajstić information content (AvgIpc) is 3.11. The first-order valence-corrected chi connectivity index (χ1v) is 8.37. The molecule has 0 spiro atoms. The number of rotatable bonds is 3. The van der Waals surface area contributed by atoms with Gasteiger partial charge in [-0.05, 0) is 32.2 Å². The Morgan fingerprint density at radius 2 is 2.28 bits per heavy atom. The largest absolute Gasteiger partial charge is 0.461 e. The highest BCUT2D eigenvalue weighted by atomic mass is 19.1. The number of aromatic nitrogens is 3. The lowest BCUT2D eigenvalue weighted by Gasteiger charge is -2.30. The Labute approximate surface area is 144 Å². The zero-order valence-electron chi connectivity index (χ0n) is 13.9. The third-order valence-electron chi connectivity index (χ3n) is 5.03. The van der Waals surface area contributed by atoms with Crippen LogP contribution < -0.4 is 4.74 Å². The summed E-state index contributed by atoms with van der Waals surface area (Å²) in [6.07, 6.45) is 4.16. The van der Waals surface area contributed by atoms with Gasteiger partial charge in [-0.1, -0.05) is 5.92 Å². The molecule has 25 heavy (non-hydrogen) atoms. The Kier molecular flexibility index (Phi) is 4.00. The first-order chi connectivity index (χ1) is 12.1. The van der Waals surface area contributed by atoms with Gasteiger partial charge in [0.2, 0.25) is 0 Å². The highest BCUT2D eigenvalue weighted by Crippen LogP contribution is 2.40. The van der Waals surface area contributed by atoms with Crippen LogP contribution in [0.4, 0.5) is 8.78 Å². The van der Waals surface area contributed by atoms with E-state index in [1.54, 1.807) is 6.92 Å². The molecule has 0 aromatic carbocycles. The summed E-state index contributed by atoms with van der Waals surface area (Å²) in [7, 11) is 0. The number of pyridine rings is 1. The van der Waals surface area contributed by atoms with E-state index in [-0.39, 0.29) is 17.1 Å². The smallest absolute Gasteiger partial charge is 0.317 e. The molecular formula is C18H18F2N4O. The van der Waals surface area contributed by atoms with E-state index < -0.39 is 12.0 Å². The lowest BCUT2D eigenvalue weighted by molar-refractivity contribution is 0.107. The fourth-order valence-corrected chi connectivity index (χ4v) is 3.91. The SMILES string of the molecule is CC#Cc1ncc(F)c2nc(OC[C@@]34CCCN3C[C@H](F)C4)ncc12. The minimum atomic E-state index is -0.819. The first kappa shape index (κ1) is 16.2. The van der Waals surface area contributed by atoms with E-state index in [2.05, 4.69) is 31.7 Å². The van der Waals surface area contributed by atoms with Crippen LogP contribution in [0.3, 0.4) is 0 Å². The van der Waals surface area contributed by atoms with Crippen molar-refractivity contribution in [1.29, 1.82) is 0 Å². The van der Waals surface area contributed by atoms with Crippen LogP contribution in [0.25, 0.3) is 10.9 Å². The van der Waals surface area contributed by atoms with Gasteiger partial charge < -0.3 is 4.74 Å². The number of halogens is 2. The van der Waals surface area contributed by atoms with Gasteiger partial charge in [-0.2, -0.15) is 4.98 Å². The molecule has 2 aromatic heterocycles. The molecule has 4 rings (SSSR count). The first-order valence-electron chi connectivity index (χ1n) is 8.37. The van der Waals surface area contributed by atoms with Crippen molar-refractivity contribution < 1.29 is 13.5 Å². The molecule has 2 saturated heterocycles. The molecule has 2 aliphatic heterocycles. The summed E-state index contributed by atoms with van der Waals surface area (Å²) in [5, 5.41) is 0.451. The molecule has 0 aliphatic carbocycles. The quantitative estimate of drug-likeness (QED) is 0.801. The zero-order chi connectivity index (χ0) is 17.4. The maximum Gasteiger partial charge on any atom is 0.317 e. The molecule has 7 heteroatoms. The van der Waals surface area contributed by atoms with Crippen molar-refractivity contribution in [1.82, 2.24) is 19.9 Å². The fourth-order valence-electron chi connectivity index (χ4n) is 3.91. The summed E-state index contributed by atoms with van der Waals surface area (Å²) in [6.45, 7) is 3.35. The van der Waals surface area contributed by atoms with E-state index >= 15 is 0 Å². The second-order valence-corrected chi connectivity index (χ2v) is 6.61. The lowest BCUT2D eigenvalue weighted by atomic mass is 9.95. The number of fused-ring (bicyclic) bond motifs is 2. The molecule has 4 heterocycles. The van der Waals surface area contributed by atoms with Gasteiger partial charge in [0.1, 0.15) is 24.0 Å². The molecule has 2 atom stereocenters. The van der Waals surface area contributed by atoms with Crippen molar-refractivity contribution in [2.75, 3.05) is 19.7 Å². The second kappa shape index (κ2) is 6.19. The molecule has 5 nitrogen and oxygen atoms in total. The topological polar surface area (TPSA) is 51.1 Å². The van der Waals surface area contributed by atoms with Crippen LogP contribution in [-0.2, 0) is 0 Å². The van der Waals surface area contributed by atoms with Crippen molar-refractivity contribution in [3.05, 3.63) is 23.9 Å². The summed E-state index contributed by atoms with van der Waals surface area (Å²) in [5.41, 5.74) is 0.281. The van der Waals surface area contributed by atoms with E-state index in [4.69, 9.17) is 4.74 Å². The maximum absolute atomic E-state index is 14.1. The number of alkyl halides is 1. The Balaban J connectivity index is 1.60. The third-order valence-corrected chi connectivity index (χ3v) is 5.03. The summed E-state index contributed by atoms with van der Waals surface area (Å²) in [6, 6.07) is 0.0940. The standard InChI is InChI=1S/C18H18F2N4O/c1-2-4-15-13-8-22-17(23-16(13)14(20)9-21-15)25-11-18-5-3-6-24(18)10-12(19)7-18/h8-9,12H,3,5-7,10-11H2,1H3/t12-,18+/m1/s1. The molecule has 0 bridgehead atoms. The van der Waals surface area contributed by atoms with Crippen LogP contribution in [0.5, 0.6) is 6.01 Å². The Morgan fingerprint density at radius 3 is 3.12 bits per heavy atom. The minimum absolute atomic E-state index is 0.0940. The average molecular weight is 344 g/mol. The van der Waals surface area contributed by atoms with E-state index in [1.165, 1.54) is 6.20 Å². The van der Waals surface area contributed by atoms with Crippen LogP contribution in [0, 0.1) is 17.7 Å². The summed E-state index contributed by atoms with van der Waals surface area (Å²) in [5.74, 6) is 5.00. The van der Waals surface area contributed by atoms with Crippen LogP contribution in [0.15, 0.2) is 12.4 Å². The van der Waals surface area contributed by atoms with Crippen molar-refractivity contribution in [2.45, 2.75) is 37.9 Å². The predicted octanol–water partition coefficient (Wildman–Crippen LogP) is 2.49. The summed E-state index contributed by atoms with van der Waals surface area (Å²) >= 11 is 0. The van der Waals surface area contributed by atoms with Gasteiger partial charge in [-0.3, -0.25) is 4.90 Å². The monoisotopic (exact) mass is 344 g/mol. The van der Waals surface area contributed by atoms with Crippen molar-refractivity contribution in [3.8, 4) is 17.9 Å². The number of hydrogen-bond acceptors (Lipinski definition) is 5. The van der Waals surface area contributed by atoms with Gasteiger partial charge in [-0.25, -0.2) is 18.7 Å². The summed E-state index contributed by atoms with van der Waals surface area (Å²) < 4.78 is 33.6. The number of hydrogen-bond donors (Lipinski definition) is 0. The molecule has 130 valence electrons. The molecule has 0 radical (unpaired) electrons. The Bertz CT molecular complexity index is 878. The zero-order valence-corrected chi connectivity index (χ0v) is 13.9. The summed E-state index contributed by atoms with van der Waals surface area (Å²) in [4.78, 5) is 14.5. The van der Waals surface area contributed by atoms with Crippen molar-refractivity contribution in [2.24, 2.45) is 0 Å². The van der Waals surface area contributed by atoms with Gasteiger partial charge in [0.05, 0.1) is 17.1 Å².